The molecule has 0 atom stereocenters. The number of rotatable bonds is 6. The molecule has 0 radical (unpaired) electrons. The summed E-state index contributed by atoms with van der Waals surface area (Å²) in [5.74, 6) is 0.371. The molecule has 8 heteroatoms. The summed E-state index contributed by atoms with van der Waals surface area (Å²) in [6, 6.07) is 12.1. The first-order chi connectivity index (χ1) is 14.5. The number of hydrogen-bond donors (Lipinski definition) is 2. The third-order valence-corrected chi connectivity index (χ3v) is 5.51. The summed E-state index contributed by atoms with van der Waals surface area (Å²) in [6.07, 6.45) is 4.19. The molecule has 0 spiro atoms. The molecule has 3 aromatic rings. The molecule has 1 aliphatic rings. The molecule has 2 N–H and O–H groups in total. The fourth-order valence-corrected chi connectivity index (χ4v) is 3.80. The Morgan fingerprint density at radius 2 is 1.87 bits per heavy atom. The molecule has 0 saturated carbocycles. The Labute approximate surface area is 174 Å². The number of hydrogen-bond acceptors (Lipinski definition) is 5. The molecule has 1 aromatic heterocycles. The summed E-state index contributed by atoms with van der Waals surface area (Å²) in [4.78, 5) is 30.5. The topological polar surface area (TPSA) is 90.5 Å². The van der Waals surface area contributed by atoms with Crippen LogP contribution in [0.1, 0.15) is 25.7 Å². The molecule has 2 aromatic carbocycles. The number of carbonyl (C=O) groups is 1. The normalized spacial score (nSPS) is 14.7. The molecule has 30 heavy (non-hydrogen) atoms. The number of imidazole rings is 1. The SMILES string of the molecule is C[N+](=O)c1ccc2nc(-c3ccc(NC(=O)CCN4CCCCC4)cc3)n(O)c2c1. The maximum absolute atomic E-state index is 12.2. The molecule has 1 aliphatic heterocycles. The molecule has 156 valence electrons. The highest BCUT2D eigenvalue weighted by molar-refractivity contribution is 5.91. The summed E-state index contributed by atoms with van der Waals surface area (Å²) in [5, 5.41) is 13.4. The van der Waals surface area contributed by atoms with Gasteiger partial charge in [-0.2, -0.15) is 4.73 Å². The average Bonchev–Trinajstić information content (AvgIpc) is 3.09. The van der Waals surface area contributed by atoms with Gasteiger partial charge in [0.25, 0.3) is 5.69 Å². The first-order valence-electron chi connectivity index (χ1n) is 10.3. The summed E-state index contributed by atoms with van der Waals surface area (Å²) in [5.41, 5.74) is 2.90. The van der Waals surface area contributed by atoms with Crippen LogP contribution in [0.2, 0.25) is 0 Å². The van der Waals surface area contributed by atoms with Crippen LogP contribution in [0.15, 0.2) is 42.5 Å². The molecular formula is C22H26N5O3+. The summed E-state index contributed by atoms with van der Waals surface area (Å²) in [7, 11) is 1.40. The van der Waals surface area contributed by atoms with Crippen molar-refractivity contribution in [1.29, 1.82) is 0 Å². The second kappa shape index (κ2) is 8.62. The number of nitroso groups, excluding NO2 is 1. The molecule has 2 heterocycles. The van der Waals surface area contributed by atoms with Crippen molar-refractivity contribution in [3.05, 3.63) is 47.4 Å². The van der Waals surface area contributed by atoms with Crippen LogP contribution in [0.5, 0.6) is 0 Å². The number of fused-ring (bicyclic) bond motifs is 1. The van der Waals surface area contributed by atoms with E-state index >= 15 is 0 Å². The van der Waals surface area contributed by atoms with Crippen LogP contribution in [0, 0.1) is 4.91 Å². The van der Waals surface area contributed by atoms with Crippen LogP contribution in [-0.4, -0.2) is 57.2 Å². The first kappa shape index (κ1) is 20.0. The number of nitrogens with zero attached hydrogens (tertiary/aromatic N) is 4. The molecule has 1 fully saturated rings. The van der Waals surface area contributed by atoms with Gasteiger partial charge >= 0.3 is 0 Å². The predicted molar refractivity (Wildman–Crippen MR) is 115 cm³/mol. The number of piperidine rings is 1. The van der Waals surface area contributed by atoms with Gasteiger partial charge in [0.1, 0.15) is 5.52 Å². The van der Waals surface area contributed by atoms with E-state index in [-0.39, 0.29) is 5.91 Å². The summed E-state index contributed by atoms with van der Waals surface area (Å²) in [6.45, 7) is 2.95. The molecule has 0 unspecified atom stereocenters. The van der Waals surface area contributed by atoms with Crippen molar-refractivity contribution in [1.82, 2.24) is 14.6 Å². The van der Waals surface area contributed by atoms with Gasteiger partial charge in [0, 0.05) is 46.0 Å². The van der Waals surface area contributed by atoms with Gasteiger partial charge in [0.2, 0.25) is 5.91 Å². The van der Waals surface area contributed by atoms with E-state index in [2.05, 4.69) is 15.2 Å². The lowest BCUT2D eigenvalue weighted by Gasteiger charge is -2.25. The second-order valence-corrected chi connectivity index (χ2v) is 7.70. The smallest absolute Gasteiger partial charge is 0.257 e. The Morgan fingerprint density at radius 3 is 2.57 bits per heavy atom. The van der Waals surface area contributed by atoms with Gasteiger partial charge in [-0.05, 0) is 56.3 Å². The molecule has 1 saturated heterocycles. The number of anilines is 1. The fourth-order valence-electron chi connectivity index (χ4n) is 3.80. The van der Waals surface area contributed by atoms with Gasteiger partial charge in [-0.1, -0.05) is 6.42 Å². The van der Waals surface area contributed by atoms with Gasteiger partial charge < -0.3 is 15.4 Å². The first-order valence-corrected chi connectivity index (χ1v) is 10.3. The molecule has 0 bridgehead atoms. The van der Waals surface area contributed by atoms with Gasteiger partial charge in [0.15, 0.2) is 12.9 Å². The minimum atomic E-state index is -0.00279. The highest BCUT2D eigenvalue weighted by Crippen LogP contribution is 2.27. The predicted octanol–water partition coefficient (Wildman–Crippen LogP) is 3.80. The second-order valence-electron chi connectivity index (χ2n) is 7.70. The third kappa shape index (κ3) is 4.33. The van der Waals surface area contributed by atoms with Crippen LogP contribution in [0.3, 0.4) is 0 Å². The minimum absolute atomic E-state index is 0.00279. The zero-order valence-corrected chi connectivity index (χ0v) is 17.0. The van der Waals surface area contributed by atoms with Crippen molar-refractivity contribution >= 4 is 28.3 Å². The van der Waals surface area contributed by atoms with Crippen molar-refractivity contribution < 1.29 is 14.8 Å². The van der Waals surface area contributed by atoms with Crippen molar-refractivity contribution in [2.45, 2.75) is 25.7 Å². The lowest BCUT2D eigenvalue weighted by atomic mass is 10.1. The molecule has 8 nitrogen and oxygen atoms in total. The quantitative estimate of drug-likeness (QED) is 0.478. The fraction of sp³-hybridized carbons (Fsp3) is 0.364. The Bertz CT molecular complexity index is 1070. The van der Waals surface area contributed by atoms with Gasteiger partial charge in [-0.25, -0.2) is 4.98 Å². The number of aromatic nitrogens is 2. The van der Waals surface area contributed by atoms with E-state index in [0.29, 0.717) is 40.2 Å². The largest absolute Gasteiger partial charge is 0.426 e. The van der Waals surface area contributed by atoms with Crippen molar-refractivity contribution in [2.24, 2.45) is 0 Å². The highest BCUT2D eigenvalue weighted by Gasteiger charge is 2.16. The van der Waals surface area contributed by atoms with Gasteiger partial charge in [-0.15, -0.1) is 0 Å². The van der Waals surface area contributed by atoms with Crippen LogP contribution >= 0.6 is 0 Å². The van der Waals surface area contributed by atoms with Crippen molar-refractivity contribution in [3.8, 4) is 11.4 Å². The Morgan fingerprint density at radius 1 is 1.13 bits per heavy atom. The monoisotopic (exact) mass is 408 g/mol. The Hall–Kier alpha value is -3.26. The van der Waals surface area contributed by atoms with E-state index in [4.69, 9.17) is 0 Å². The van der Waals surface area contributed by atoms with Crippen LogP contribution < -0.4 is 5.32 Å². The lowest BCUT2D eigenvalue weighted by Crippen LogP contribution is -2.32. The van der Waals surface area contributed by atoms with Crippen LogP contribution in [0.4, 0.5) is 11.4 Å². The van der Waals surface area contributed by atoms with E-state index in [1.807, 2.05) is 0 Å². The van der Waals surface area contributed by atoms with Crippen LogP contribution in [0.25, 0.3) is 22.4 Å². The summed E-state index contributed by atoms with van der Waals surface area (Å²) >= 11 is 0. The van der Waals surface area contributed by atoms with Crippen molar-refractivity contribution in [2.75, 3.05) is 32.0 Å². The average molecular weight is 408 g/mol. The maximum atomic E-state index is 12.2. The maximum Gasteiger partial charge on any atom is 0.257 e. The van der Waals surface area contributed by atoms with E-state index < -0.39 is 0 Å². The van der Waals surface area contributed by atoms with Crippen molar-refractivity contribution in [3.63, 3.8) is 0 Å². The number of benzene rings is 2. The lowest BCUT2D eigenvalue weighted by molar-refractivity contribution is -0.428. The van der Waals surface area contributed by atoms with E-state index in [0.717, 1.165) is 29.1 Å². The molecular weight excluding hydrogens is 382 g/mol. The number of likely N-dealkylation sites (tertiary alicyclic amines) is 1. The van der Waals surface area contributed by atoms with E-state index in [1.165, 1.54) is 26.3 Å². The summed E-state index contributed by atoms with van der Waals surface area (Å²) < 4.78 is 1.71. The number of nitrogens with one attached hydrogen (secondary N) is 1. The van der Waals surface area contributed by atoms with E-state index in [9.17, 15) is 14.9 Å². The van der Waals surface area contributed by atoms with E-state index in [1.54, 1.807) is 42.5 Å². The number of amides is 1. The minimum Gasteiger partial charge on any atom is -0.426 e. The zero-order valence-electron chi connectivity index (χ0n) is 17.0. The molecule has 0 aliphatic carbocycles. The zero-order chi connectivity index (χ0) is 21.1. The van der Waals surface area contributed by atoms with Gasteiger partial charge in [0.05, 0.1) is 5.52 Å². The third-order valence-electron chi connectivity index (χ3n) is 5.51. The molecule has 1 amide bonds. The van der Waals surface area contributed by atoms with Crippen LogP contribution in [-0.2, 0) is 4.79 Å². The Kier molecular flexibility index (Phi) is 5.76. The van der Waals surface area contributed by atoms with Gasteiger partial charge in [-0.3, -0.25) is 4.79 Å². The molecule has 4 rings (SSSR count). The number of carbonyl (C=O) groups excluding carboxylic acids is 1. The standard InChI is InChI=1S/C22H25N5O3/c1-25(29)18-9-10-19-20(15-18)27(30)22(24-19)16-5-7-17(8-6-16)23-21(28)11-14-26-12-3-2-4-13-26/h5-10,15H,2-4,11-14H2,1H3,(H-,23,24,28,29,30)/p+1. The Balaban J connectivity index is 1.43. The highest BCUT2D eigenvalue weighted by atomic mass is 16.5.